The number of carbonyl (C=O) groups excluding carboxylic acids is 2. The second-order valence-electron chi connectivity index (χ2n) is 11.2. The Morgan fingerprint density at radius 2 is 1.90 bits per heavy atom. The molecule has 0 bridgehead atoms. The number of fused-ring (bicyclic) bond motifs is 2. The van der Waals surface area contributed by atoms with Gasteiger partial charge in [-0.1, -0.05) is 42.6 Å². The van der Waals surface area contributed by atoms with Gasteiger partial charge in [-0.15, -0.1) is 0 Å². The van der Waals surface area contributed by atoms with Crippen LogP contribution in [0.2, 0.25) is 10.0 Å². The third kappa shape index (κ3) is 6.06. The molecule has 2 heterocycles. The molecule has 9 heteroatoms. The van der Waals surface area contributed by atoms with E-state index in [1.807, 2.05) is 12.1 Å². The lowest BCUT2D eigenvalue weighted by molar-refractivity contribution is -0.123. The zero-order valence-electron chi connectivity index (χ0n) is 22.5. The summed E-state index contributed by atoms with van der Waals surface area (Å²) < 4.78 is 20.3. The van der Waals surface area contributed by atoms with Crippen molar-refractivity contribution in [3.8, 4) is 0 Å². The number of carbonyl (C=O) groups is 2. The summed E-state index contributed by atoms with van der Waals surface area (Å²) in [6.07, 6.45) is 5.58. The minimum atomic E-state index is -0.848. The van der Waals surface area contributed by atoms with Crippen molar-refractivity contribution in [2.24, 2.45) is 5.92 Å². The number of benzene rings is 2. The van der Waals surface area contributed by atoms with E-state index >= 15 is 0 Å². The number of ether oxygens (including phenoxy) is 1. The molecule has 0 radical (unpaired) electrons. The molecule has 210 valence electrons. The summed E-state index contributed by atoms with van der Waals surface area (Å²) in [5.41, 5.74) is 1.43. The van der Waals surface area contributed by atoms with E-state index in [4.69, 9.17) is 27.9 Å². The van der Waals surface area contributed by atoms with Gasteiger partial charge in [-0.25, -0.2) is 9.18 Å². The van der Waals surface area contributed by atoms with E-state index < -0.39 is 11.7 Å². The van der Waals surface area contributed by atoms with Gasteiger partial charge >= 0.3 is 6.09 Å². The second kappa shape index (κ2) is 11.6. The molecule has 1 N–H and O–H groups in total. The monoisotopic (exact) mass is 575 g/mol. The third-order valence-electron chi connectivity index (χ3n) is 8.54. The van der Waals surface area contributed by atoms with E-state index in [0.717, 1.165) is 24.0 Å². The van der Waals surface area contributed by atoms with E-state index in [-0.39, 0.29) is 23.7 Å². The molecule has 6 nitrogen and oxygen atoms in total. The predicted octanol–water partition coefficient (Wildman–Crippen LogP) is 6.88. The predicted molar refractivity (Wildman–Crippen MR) is 152 cm³/mol. The molecule has 1 aliphatic carbocycles. The number of amides is 2. The molecule has 2 aromatic carbocycles. The second-order valence-corrected chi connectivity index (χ2v) is 12.0. The van der Waals surface area contributed by atoms with Crippen LogP contribution in [-0.4, -0.2) is 49.6 Å². The van der Waals surface area contributed by atoms with Crippen molar-refractivity contribution in [2.75, 3.05) is 31.6 Å². The highest BCUT2D eigenvalue weighted by molar-refractivity contribution is 6.42. The van der Waals surface area contributed by atoms with Crippen molar-refractivity contribution in [3.63, 3.8) is 0 Å². The molecule has 5 rings (SSSR count). The highest BCUT2D eigenvalue weighted by Gasteiger charge is 2.47. The molecule has 2 unspecified atom stereocenters. The van der Waals surface area contributed by atoms with Crippen LogP contribution in [0.25, 0.3) is 0 Å². The molecule has 2 fully saturated rings. The average Bonchev–Trinajstić information content (AvgIpc) is 3.75. The Balaban J connectivity index is 1.36. The Kier molecular flexibility index (Phi) is 8.41. The van der Waals surface area contributed by atoms with E-state index in [0.29, 0.717) is 60.5 Å². The summed E-state index contributed by atoms with van der Waals surface area (Å²) in [6, 6.07) is 10.1. The fraction of sp³-hybridized carbons (Fsp3) is 0.533. The number of nitrogens with zero attached hydrogens (tertiary/aromatic N) is 2. The van der Waals surface area contributed by atoms with E-state index in [1.165, 1.54) is 29.9 Å². The van der Waals surface area contributed by atoms with Crippen molar-refractivity contribution in [2.45, 2.75) is 69.4 Å². The summed E-state index contributed by atoms with van der Waals surface area (Å²) in [6.45, 7) is 4.21. The number of hydrogen-bond acceptors (Lipinski definition) is 4. The molecule has 2 atom stereocenters. The van der Waals surface area contributed by atoms with Gasteiger partial charge in [-0.2, -0.15) is 0 Å². The maximum Gasteiger partial charge on any atom is 0.414 e. The van der Waals surface area contributed by atoms with Crippen LogP contribution >= 0.6 is 23.2 Å². The maximum atomic E-state index is 14.3. The van der Waals surface area contributed by atoms with Crippen LogP contribution in [0.4, 0.5) is 14.9 Å². The molecule has 2 aromatic rings. The molecule has 3 aliphatic rings. The van der Waals surface area contributed by atoms with Crippen LogP contribution in [0.15, 0.2) is 36.4 Å². The van der Waals surface area contributed by atoms with Gasteiger partial charge in [0.2, 0.25) is 5.91 Å². The molecule has 1 saturated carbocycles. The maximum absolute atomic E-state index is 14.3. The molecule has 2 aliphatic heterocycles. The first-order valence-corrected chi connectivity index (χ1v) is 14.7. The van der Waals surface area contributed by atoms with Gasteiger partial charge in [0.1, 0.15) is 11.4 Å². The molecule has 2 amide bonds. The van der Waals surface area contributed by atoms with E-state index in [2.05, 4.69) is 17.1 Å². The minimum Gasteiger partial charge on any atom is -0.437 e. The minimum absolute atomic E-state index is 0.0172. The molecule has 39 heavy (non-hydrogen) atoms. The smallest absolute Gasteiger partial charge is 0.414 e. The van der Waals surface area contributed by atoms with Crippen LogP contribution in [0, 0.1) is 11.7 Å². The average molecular weight is 577 g/mol. The van der Waals surface area contributed by atoms with Gasteiger partial charge in [-0.05, 0) is 67.5 Å². The third-order valence-corrected chi connectivity index (χ3v) is 9.28. The van der Waals surface area contributed by atoms with Gasteiger partial charge in [0, 0.05) is 51.1 Å². The first-order valence-electron chi connectivity index (χ1n) is 13.9. The van der Waals surface area contributed by atoms with Crippen LogP contribution in [0.1, 0.15) is 68.9 Å². The van der Waals surface area contributed by atoms with Gasteiger partial charge < -0.3 is 15.0 Å². The van der Waals surface area contributed by atoms with Gasteiger partial charge in [-0.3, -0.25) is 9.69 Å². The van der Waals surface area contributed by atoms with Crippen molar-refractivity contribution in [1.82, 2.24) is 10.2 Å². The Morgan fingerprint density at radius 1 is 1.15 bits per heavy atom. The number of nitrogens with one attached hydrogen (secondary N) is 1. The number of likely N-dealkylation sites (tertiary alicyclic amines) is 1. The highest BCUT2D eigenvalue weighted by atomic mass is 35.5. The lowest BCUT2D eigenvalue weighted by atomic mass is 9.80. The van der Waals surface area contributed by atoms with Crippen LogP contribution in [-0.2, 0) is 15.1 Å². The fourth-order valence-electron chi connectivity index (χ4n) is 6.04. The Labute approximate surface area is 239 Å². The van der Waals surface area contributed by atoms with Crippen molar-refractivity contribution in [1.29, 1.82) is 0 Å². The number of anilines is 1. The summed E-state index contributed by atoms with van der Waals surface area (Å²) in [4.78, 5) is 30.0. The van der Waals surface area contributed by atoms with Crippen LogP contribution in [0.5, 0.6) is 0 Å². The Morgan fingerprint density at radius 3 is 2.56 bits per heavy atom. The van der Waals surface area contributed by atoms with E-state index in [1.54, 1.807) is 19.2 Å². The van der Waals surface area contributed by atoms with Crippen LogP contribution in [0.3, 0.4) is 0 Å². The summed E-state index contributed by atoms with van der Waals surface area (Å²) >= 11 is 12.5. The fourth-order valence-corrected chi connectivity index (χ4v) is 6.35. The summed E-state index contributed by atoms with van der Waals surface area (Å²) in [5.74, 6) is -0.101. The summed E-state index contributed by atoms with van der Waals surface area (Å²) in [5, 5.41) is 4.08. The van der Waals surface area contributed by atoms with Crippen molar-refractivity contribution >= 4 is 40.9 Å². The molecule has 0 aromatic heterocycles. The SMILES string of the molecule is CCCC(CC(C(=O)NCC1CC1)c1ccc(Cl)c(Cl)c1)N1CCC2(CC1)OC(=O)N(C)c1ccc(F)cc12. The van der Waals surface area contributed by atoms with Gasteiger partial charge in [0.05, 0.1) is 21.7 Å². The number of hydrogen-bond donors (Lipinski definition) is 1. The van der Waals surface area contributed by atoms with Gasteiger partial charge in [0.25, 0.3) is 0 Å². The number of piperidine rings is 1. The Hall–Kier alpha value is -2.35. The largest absolute Gasteiger partial charge is 0.437 e. The molecule has 1 saturated heterocycles. The molecular weight excluding hydrogens is 540 g/mol. The number of rotatable bonds is 9. The number of halogens is 3. The lowest BCUT2D eigenvalue weighted by Gasteiger charge is -2.48. The first-order chi connectivity index (χ1) is 18.7. The topological polar surface area (TPSA) is 61.9 Å². The van der Waals surface area contributed by atoms with Crippen molar-refractivity contribution < 1.29 is 18.7 Å². The summed E-state index contributed by atoms with van der Waals surface area (Å²) in [7, 11) is 1.65. The quantitative estimate of drug-likeness (QED) is 0.354. The van der Waals surface area contributed by atoms with E-state index in [9.17, 15) is 14.0 Å². The Bertz CT molecular complexity index is 1230. The molecule has 1 spiro atoms. The molecular formula is C30H36Cl2FN3O3. The van der Waals surface area contributed by atoms with Gasteiger partial charge in [0.15, 0.2) is 0 Å². The standard InChI is InChI=1S/C30H36Cl2FN3O3/c1-3-4-22(17-23(28(37)34-18-19-5-6-19)20-7-9-25(31)26(32)15-20)36-13-11-30(12-14-36)24-16-21(33)8-10-27(24)35(2)29(38)39-30/h7-10,15-16,19,22-23H,3-6,11-14,17-18H2,1-2H3,(H,34,37). The normalized spacial score (nSPS) is 20.3. The van der Waals surface area contributed by atoms with Crippen molar-refractivity contribution in [3.05, 3.63) is 63.4 Å². The highest BCUT2D eigenvalue weighted by Crippen LogP contribution is 2.46. The zero-order valence-corrected chi connectivity index (χ0v) is 24.0. The lowest BCUT2D eigenvalue weighted by Crippen LogP contribution is -2.53. The van der Waals surface area contributed by atoms with Crippen LogP contribution < -0.4 is 10.2 Å². The first kappa shape index (κ1) is 28.2. The zero-order chi connectivity index (χ0) is 27.7.